The zero-order chi connectivity index (χ0) is 24.1. The molecule has 0 radical (unpaired) electrons. The number of carbonyl (C=O) groups is 1. The smallest absolute Gasteiger partial charge is 0.407 e. The van der Waals surface area contributed by atoms with Crippen LogP contribution in [0.4, 0.5) is 14.9 Å². The molecule has 7 nitrogen and oxygen atoms in total. The van der Waals surface area contributed by atoms with Gasteiger partial charge >= 0.3 is 6.09 Å². The first-order chi connectivity index (χ1) is 16.4. The van der Waals surface area contributed by atoms with Gasteiger partial charge in [0.2, 0.25) is 0 Å². The van der Waals surface area contributed by atoms with Crippen LogP contribution in [0.25, 0.3) is 0 Å². The minimum absolute atomic E-state index is 0.0266. The Bertz CT molecular complexity index is 1150. The SMILES string of the molecule is O=C(O)N(CCN1Cc2ccccc2CC1Cc1ccc(F)cc1)Cc1ccc([N+](=O)[O-])cc1. The van der Waals surface area contributed by atoms with E-state index in [2.05, 4.69) is 17.0 Å². The van der Waals surface area contributed by atoms with Crippen molar-refractivity contribution >= 4 is 11.8 Å². The molecule has 8 heteroatoms. The summed E-state index contributed by atoms with van der Waals surface area (Å²) in [6.45, 7) is 1.71. The number of halogens is 1. The zero-order valence-electron chi connectivity index (χ0n) is 18.6. The molecule has 0 fully saturated rings. The Kier molecular flexibility index (Phi) is 7.18. The molecule has 0 bridgehead atoms. The van der Waals surface area contributed by atoms with Gasteiger partial charge < -0.3 is 10.0 Å². The molecule has 1 heterocycles. The van der Waals surface area contributed by atoms with Gasteiger partial charge in [0.25, 0.3) is 5.69 Å². The van der Waals surface area contributed by atoms with Gasteiger partial charge in [-0.1, -0.05) is 48.5 Å². The van der Waals surface area contributed by atoms with Gasteiger partial charge in [0.15, 0.2) is 0 Å². The number of nitrogens with zero attached hydrogens (tertiary/aromatic N) is 3. The molecule has 0 saturated heterocycles. The van der Waals surface area contributed by atoms with Crippen LogP contribution in [0.1, 0.15) is 22.3 Å². The summed E-state index contributed by atoms with van der Waals surface area (Å²) in [6.07, 6.45) is 0.540. The number of hydrogen-bond acceptors (Lipinski definition) is 4. The van der Waals surface area contributed by atoms with Gasteiger partial charge in [-0.05, 0) is 47.2 Å². The number of rotatable bonds is 8. The number of hydrogen-bond donors (Lipinski definition) is 1. The lowest BCUT2D eigenvalue weighted by Gasteiger charge is -2.38. The number of nitro benzene ring substituents is 1. The van der Waals surface area contributed by atoms with E-state index in [4.69, 9.17) is 0 Å². The molecule has 0 aliphatic carbocycles. The molecule has 4 rings (SSSR count). The van der Waals surface area contributed by atoms with Gasteiger partial charge in [-0.2, -0.15) is 0 Å². The summed E-state index contributed by atoms with van der Waals surface area (Å²) in [7, 11) is 0. The Balaban J connectivity index is 1.47. The fraction of sp³-hybridized carbons (Fsp3) is 0.269. The Morgan fingerprint density at radius 3 is 2.32 bits per heavy atom. The molecule has 0 spiro atoms. The van der Waals surface area contributed by atoms with Crippen LogP contribution in [0.2, 0.25) is 0 Å². The highest BCUT2D eigenvalue weighted by molar-refractivity contribution is 5.65. The molecule has 0 aromatic heterocycles. The van der Waals surface area contributed by atoms with Crippen molar-refractivity contribution in [1.29, 1.82) is 0 Å². The van der Waals surface area contributed by atoms with E-state index < -0.39 is 11.0 Å². The van der Waals surface area contributed by atoms with E-state index >= 15 is 0 Å². The summed E-state index contributed by atoms with van der Waals surface area (Å²) >= 11 is 0. The Morgan fingerprint density at radius 1 is 1.03 bits per heavy atom. The topological polar surface area (TPSA) is 86.9 Å². The summed E-state index contributed by atoms with van der Waals surface area (Å²) in [5, 5.41) is 20.6. The summed E-state index contributed by atoms with van der Waals surface area (Å²) in [4.78, 5) is 25.9. The van der Waals surface area contributed by atoms with E-state index in [1.165, 1.54) is 40.3 Å². The number of fused-ring (bicyclic) bond motifs is 1. The number of nitro groups is 1. The average molecular weight is 464 g/mol. The molecule has 1 aliphatic heterocycles. The molecule has 176 valence electrons. The summed E-state index contributed by atoms with van der Waals surface area (Å²) in [5.74, 6) is -0.266. The molecule has 0 saturated carbocycles. The Hall–Kier alpha value is -3.78. The van der Waals surface area contributed by atoms with E-state index in [1.807, 2.05) is 12.1 Å². The zero-order valence-corrected chi connectivity index (χ0v) is 18.6. The molecule has 34 heavy (non-hydrogen) atoms. The van der Waals surface area contributed by atoms with Gasteiger partial charge in [-0.25, -0.2) is 9.18 Å². The van der Waals surface area contributed by atoms with Crippen molar-refractivity contribution in [2.75, 3.05) is 13.1 Å². The van der Waals surface area contributed by atoms with Gasteiger partial charge in [-0.3, -0.25) is 15.0 Å². The fourth-order valence-electron chi connectivity index (χ4n) is 4.43. The van der Waals surface area contributed by atoms with E-state index in [0.29, 0.717) is 25.2 Å². The highest BCUT2D eigenvalue weighted by Gasteiger charge is 2.27. The predicted molar refractivity (Wildman–Crippen MR) is 126 cm³/mol. The third-order valence-electron chi connectivity index (χ3n) is 6.30. The quantitative estimate of drug-likeness (QED) is 0.380. The molecule has 1 aliphatic rings. The van der Waals surface area contributed by atoms with Crippen molar-refractivity contribution in [2.24, 2.45) is 0 Å². The summed E-state index contributed by atoms with van der Waals surface area (Å²) < 4.78 is 13.4. The molecule has 3 aromatic rings. The van der Waals surface area contributed by atoms with Crippen molar-refractivity contribution in [3.05, 3.63) is 111 Å². The second-order valence-electron chi connectivity index (χ2n) is 8.56. The molecule has 1 amide bonds. The van der Waals surface area contributed by atoms with E-state index in [0.717, 1.165) is 18.4 Å². The minimum Gasteiger partial charge on any atom is -0.465 e. The van der Waals surface area contributed by atoms with Crippen molar-refractivity contribution in [2.45, 2.75) is 32.0 Å². The summed E-state index contributed by atoms with van der Waals surface area (Å²) in [5.41, 5.74) is 4.22. The number of carboxylic acid groups (broad SMARTS) is 1. The molecule has 3 aromatic carbocycles. The van der Waals surface area contributed by atoms with Crippen molar-refractivity contribution < 1.29 is 19.2 Å². The maximum atomic E-state index is 13.4. The highest BCUT2D eigenvalue weighted by Crippen LogP contribution is 2.26. The van der Waals surface area contributed by atoms with Crippen LogP contribution in [0.3, 0.4) is 0 Å². The van der Waals surface area contributed by atoms with Crippen LogP contribution >= 0.6 is 0 Å². The number of non-ortho nitro benzene ring substituents is 1. The molecular formula is C26H26FN3O4. The first kappa shape index (κ1) is 23.4. The van der Waals surface area contributed by atoms with E-state index in [9.17, 15) is 24.4 Å². The Labute approximate surface area is 197 Å². The average Bonchev–Trinajstić information content (AvgIpc) is 2.83. The lowest BCUT2D eigenvalue weighted by Crippen LogP contribution is -2.46. The van der Waals surface area contributed by atoms with Crippen LogP contribution in [0, 0.1) is 15.9 Å². The second kappa shape index (κ2) is 10.4. The monoisotopic (exact) mass is 463 g/mol. The molecule has 1 N–H and O–H groups in total. The second-order valence-corrected chi connectivity index (χ2v) is 8.56. The minimum atomic E-state index is -1.04. The van der Waals surface area contributed by atoms with E-state index in [-0.39, 0.29) is 24.1 Å². The van der Waals surface area contributed by atoms with Gasteiger partial charge in [-0.15, -0.1) is 0 Å². The van der Waals surface area contributed by atoms with Crippen LogP contribution < -0.4 is 0 Å². The third-order valence-corrected chi connectivity index (χ3v) is 6.30. The van der Waals surface area contributed by atoms with Crippen molar-refractivity contribution in [3.8, 4) is 0 Å². The van der Waals surface area contributed by atoms with Crippen LogP contribution in [-0.2, 0) is 25.9 Å². The van der Waals surface area contributed by atoms with E-state index in [1.54, 1.807) is 24.3 Å². The van der Waals surface area contributed by atoms with Crippen LogP contribution in [0.5, 0.6) is 0 Å². The van der Waals surface area contributed by atoms with Gasteiger partial charge in [0.1, 0.15) is 5.82 Å². The highest BCUT2D eigenvalue weighted by atomic mass is 19.1. The van der Waals surface area contributed by atoms with Crippen molar-refractivity contribution in [3.63, 3.8) is 0 Å². The maximum Gasteiger partial charge on any atom is 0.407 e. The first-order valence-corrected chi connectivity index (χ1v) is 11.2. The third kappa shape index (κ3) is 5.77. The van der Waals surface area contributed by atoms with Gasteiger partial charge in [0.05, 0.1) is 4.92 Å². The molecular weight excluding hydrogens is 437 g/mol. The van der Waals surface area contributed by atoms with Gasteiger partial charge in [0, 0.05) is 44.4 Å². The fourth-order valence-corrected chi connectivity index (χ4v) is 4.43. The molecule has 1 atom stereocenters. The van der Waals surface area contributed by atoms with Crippen LogP contribution in [-0.4, -0.2) is 45.1 Å². The number of benzene rings is 3. The normalized spacial score (nSPS) is 15.5. The molecule has 1 unspecified atom stereocenters. The largest absolute Gasteiger partial charge is 0.465 e. The summed E-state index contributed by atoms with van der Waals surface area (Å²) in [6, 6.07) is 20.9. The van der Waals surface area contributed by atoms with Crippen LogP contribution in [0.15, 0.2) is 72.8 Å². The number of amides is 1. The predicted octanol–water partition coefficient (Wildman–Crippen LogP) is 4.88. The maximum absolute atomic E-state index is 13.4. The van der Waals surface area contributed by atoms with Crippen molar-refractivity contribution in [1.82, 2.24) is 9.80 Å². The first-order valence-electron chi connectivity index (χ1n) is 11.2. The lowest BCUT2D eigenvalue weighted by atomic mass is 9.90. The Morgan fingerprint density at radius 2 is 1.68 bits per heavy atom. The standard InChI is InChI=1S/C26H26FN3O4/c27-23-9-5-19(6-10-23)15-25-16-21-3-1-2-4-22(21)18-28(25)13-14-29(26(31)32)17-20-7-11-24(12-8-20)30(33)34/h1-12,25H,13-18H2,(H,31,32). The lowest BCUT2D eigenvalue weighted by molar-refractivity contribution is -0.384.